The van der Waals surface area contributed by atoms with Gasteiger partial charge in [-0.3, -0.25) is 19.2 Å². The van der Waals surface area contributed by atoms with E-state index in [0.29, 0.717) is 39.6 Å². The number of rotatable bonds is 17. The number of carbonyl (C=O) groups is 4. The van der Waals surface area contributed by atoms with Gasteiger partial charge < -0.3 is 48.9 Å². The fourth-order valence-electron chi connectivity index (χ4n) is 3.30. The second-order valence-corrected chi connectivity index (χ2v) is 7.78. The summed E-state index contributed by atoms with van der Waals surface area (Å²) in [6.07, 6.45) is -4.50. The molecule has 0 aliphatic carbocycles. The monoisotopic (exact) mass is 523 g/mol. The summed E-state index contributed by atoms with van der Waals surface area (Å²) >= 11 is 0. The molecule has 1 fully saturated rings. The van der Waals surface area contributed by atoms with E-state index in [2.05, 4.69) is 11.1 Å². The quantitative estimate of drug-likeness (QED) is 0.121. The predicted molar refractivity (Wildman–Crippen MR) is 120 cm³/mol. The molecule has 1 amide bonds. The first-order chi connectivity index (χ1) is 17.1. The molecule has 14 nitrogen and oxygen atoms in total. The number of esters is 3. The summed E-state index contributed by atoms with van der Waals surface area (Å²) in [4.78, 5) is 46.8. The number of quaternary nitrogens is 1. The van der Waals surface area contributed by atoms with Crippen LogP contribution in [0.1, 0.15) is 27.7 Å². The Morgan fingerprint density at radius 3 is 1.78 bits per heavy atom. The van der Waals surface area contributed by atoms with Gasteiger partial charge in [-0.2, -0.15) is 0 Å². The van der Waals surface area contributed by atoms with E-state index in [1.165, 1.54) is 27.7 Å². The maximum atomic E-state index is 11.9. The maximum Gasteiger partial charge on any atom is 0.303 e. The van der Waals surface area contributed by atoms with Gasteiger partial charge in [0.15, 0.2) is 18.5 Å². The fraction of sp³-hybridized carbons (Fsp3) is 0.818. The van der Waals surface area contributed by atoms with Crippen molar-refractivity contribution >= 4 is 23.8 Å². The van der Waals surface area contributed by atoms with Gasteiger partial charge in [0.25, 0.3) is 0 Å². The third-order valence-electron chi connectivity index (χ3n) is 4.61. The summed E-state index contributed by atoms with van der Waals surface area (Å²) in [5.74, 6) is -2.41. The summed E-state index contributed by atoms with van der Waals surface area (Å²) in [5.41, 5.74) is 3.68. The normalized spacial score (nSPS) is 23.5. The minimum Gasteiger partial charge on any atom is -0.463 e. The highest BCUT2D eigenvalue weighted by Gasteiger charge is 2.51. The Labute approximate surface area is 210 Å². The Balaban J connectivity index is 2.77. The molecule has 1 heterocycles. The van der Waals surface area contributed by atoms with Crippen molar-refractivity contribution < 1.29 is 62.8 Å². The lowest BCUT2D eigenvalue weighted by Gasteiger charge is -2.44. The molecule has 0 radical (unpaired) electrons. The van der Waals surface area contributed by atoms with Crippen molar-refractivity contribution in [2.45, 2.75) is 58.3 Å². The van der Waals surface area contributed by atoms with Crippen LogP contribution in [0.25, 0.3) is 0 Å². The second kappa shape index (κ2) is 18.0. The molecule has 1 aliphatic rings. The van der Waals surface area contributed by atoms with Crippen molar-refractivity contribution in [3.05, 3.63) is 0 Å². The van der Waals surface area contributed by atoms with Gasteiger partial charge in [-0.1, -0.05) is 0 Å². The summed E-state index contributed by atoms with van der Waals surface area (Å²) in [6.45, 7) is 7.63. The Hall–Kier alpha value is -2.36. The van der Waals surface area contributed by atoms with Crippen molar-refractivity contribution in [2.24, 2.45) is 0 Å². The van der Waals surface area contributed by atoms with Gasteiger partial charge in [0.05, 0.1) is 52.8 Å². The first-order valence-electron chi connectivity index (χ1n) is 11.7. The lowest BCUT2D eigenvalue weighted by Crippen LogP contribution is -2.66. The average Bonchev–Trinajstić information content (AvgIpc) is 2.78. The van der Waals surface area contributed by atoms with Crippen LogP contribution in [0.2, 0.25) is 0 Å². The van der Waals surface area contributed by atoms with Gasteiger partial charge in [-0.15, -0.1) is 0 Å². The largest absolute Gasteiger partial charge is 0.463 e. The molecule has 0 aromatic heterocycles. The molecule has 0 aromatic rings. The highest BCUT2D eigenvalue weighted by molar-refractivity contribution is 5.73. The highest BCUT2D eigenvalue weighted by Crippen LogP contribution is 2.28. The van der Waals surface area contributed by atoms with Crippen molar-refractivity contribution in [1.82, 2.24) is 5.32 Å². The third kappa shape index (κ3) is 13.1. The predicted octanol–water partition coefficient (Wildman–Crippen LogP) is -2.05. The summed E-state index contributed by atoms with van der Waals surface area (Å²) in [6, 6.07) is -1.02. The number of hydrogen-bond donors (Lipinski definition) is 2. The van der Waals surface area contributed by atoms with Crippen LogP contribution in [0.4, 0.5) is 0 Å². The first kappa shape index (κ1) is 31.7. The van der Waals surface area contributed by atoms with Crippen LogP contribution in [-0.4, -0.2) is 114 Å². The molecule has 0 spiro atoms. The topological polar surface area (TPSA) is 182 Å². The van der Waals surface area contributed by atoms with Crippen LogP contribution < -0.4 is 11.1 Å². The molecule has 0 aromatic carbocycles. The Morgan fingerprint density at radius 1 is 0.750 bits per heavy atom. The van der Waals surface area contributed by atoms with Gasteiger partial charge >= 0.3 is 17.9 Å². The van der Waals surface area contributed by atoms with E-state index < -0.39 is 54.5 Å². The smallest absolute Gasteiger partial charge is 0.303 e. The lowest BCUT2D eigenvalue weighted by molar-refractivity contribution is -0.374. The molecular formula is C22H39N2O12+. The van der Waals surface area contributed by atoms with Crippen molar-refractivity contribution in [1.29, 1.82) is 0 Å². The molecule has 1 aliphatic heterocycles. The van der Waals surface area contributed by atoms with E-state index in [1.807, 2.05) is 0 Å². The van der Waals surface area contributed by atoms with E-state index in [4.69, 9.17) is 37.9 Å². The van der Waals surface area contributed by atoms with E-state index in [9.17, 15) is 19.2 Å². The molecule has 14 heteroatoms. The van der Waals surface area contributed by atoms with Crippen LogP contribution in [-0.2, 0) is 57.1 Å². The van der Waals surface area contributed by atoms with Crippen LogP contribution in [0, 0.1) is 0 Å². The van der Waals surface area contributed by atoms with Crippen LogP contribution >= 0.6 is 0 Å². The van der Waals surface area contributed by atoms with E-state index in [-0.39, 0.29) is 19.8 Å². The van der Waals surface area contributed by atoms with Crippen LogP contribution in [0.5, 0.6) is 0 Å². The van der Waals surface area contributed by atoms with E-state index >= 15 is 0 Å². The van der Waals surface area contributed by atoms with Crippen molar-refractivity contribution in [3.8, 4) is 0 Å². The minimum atomic E-state index is -1.17. The molecule has 1 rings (SSSR count). The number of amides is 1. The molecule has 36 heavy (non-hydrogen) atoms. The standard InChI is InChI=1S/C22H38N2O12/c1-14(25)24-19-21(35-17(4)28)20(34-16(3)27)18(13-33-15(2)26)36-22(19)32-12-11-31-10-9-30-8-7-29-6-5-23/h18-22H,5-13,23H2,1-4H3,(H,24,25)/p+1. The van der Waals surface area contributed by atoms with Gasteiger partial charge in [-0.25, -0.2) is 0 Å². The molecule has 1 saturated heterocycles. The Morgan fingerprint density at radius 2 is 1.28 bits per heavy atom. The fourth-order valence-corrected chi connectivity index (χ4v) is 3.30. The number of carbonyl (C=O) groups excluding carboxylic acids is 4. The second-order valence-electron chi connectivity index (χ2n) is 7.78. The summed E-state index contributed by atoms with van der Waals surface area (Å²) < 4.78 is 43.5. The highest BCUT2D eigenvalue weighted by atomic mass is 16.7. The molecule has 5 unspecified atom stereocenters. The van der Waals surface area contributed by atoms with Gasteiger partial charge in [0, 0.05) is 27.7 Å². The summed E-state index contributed by atoms with van der Waals surface area (Å²) in [7, 11) is 0. The lowest BCUT2D eigenvalue weighted by atomic mass is 9.96. The molecule has 0 saturated carbocycles. The van der Waals surface area contributed by atoms with E-state index in [0.717, 1.165) is 0 Å². The maximum absolute atomic E-state index is 11.9. The van der Waals surface area contributed by atoms with Crippen molar-refractivity contribution in [2.75, 3.05) is 59.4 Å². The molecule has 5 atom stereocenters. The molecule has 0 bridgehead atoms. The van der Waals surface area contributed by atoms with E-state index in [1.54, 1.807) is 0 Å². The zero-order chi connectivity index (χ0) is 26.9. The third-order valence-corrected chi connectivity index (χ3v) is 4.61. The van der Waals surface area contributed by atoms with Crippen LogP contribution in [0.3, 0.4) is 0 Å². The molecule has 4 N–H and O–H groups in total. The zero-order valence-electron chi connectivity index (χ0n) is 21.4. The zero-order valence-corrected chi connectivity index (χ0v) is 21.4. The number of hydrogen-bond acceptors (Lipinski definition) is 12. The summed E-state index contributed by atoms with van der Waals surface area (Å²) in [5, 5.41) is 2.62. The first-order valence-corrected chi connectivity index (χ1v) is 11.7. The van der Waals surface area contributed by atoms with Crippen LogP contribution in [0.15, 0.2) is 0 Å². The SMILES string of the molecule is CC(=O)NC1C(OCCOCCOCCOCC[NH3+])OC(COC(C)=O)C(OC(C)=O)C1OC(C)=O. The molecule has 208 valence electrons. The number of ether oxygens (including phenoxy) is 8. The van der Waals surface area contributed by atoms with Gasteiger partial charge in [0.2, 0.25) is 5.91 Å². The van der Waals surface area contributed by atoms with Gasteiger partial charge in [0.1, 0.15) is 18.8 Å². The molecular weight excluding hydrogens is 484 g/mol. The number of nitrogens with one attached hydrogen (secondary N) is 1. The Kier molecular flexibility index (Phi) is 15.8. The average molecular weight is 524 g/mol. The van der Waals surface area contributed by atoms with Gasteiger partial charge in [-0.05, 0) is 0 Å². The van der Waals surface area contributed by atoms with Crippen molar-refractivity contribution in [3.63, 3.8) is 0 Å². The minimum absolute atomic E-state index is 0.0542. The Bertz CT molecular complexity index is 692.